The van der Waals surface area contributed by atoms with Gasteiger partial charge in [-0.2, -0.15) is 0 Å². The molecule has 21 heavy (non-hydrogen) atoms. The fourth-order valence-electron chi connectivity index (χ4n) is 2.64. The summed E-state index contributed by atoms with van der Waals surface area (Å²) >= 11 is 1.57. The molecule has 0 aliphatic carbocycles. The highest BCUT2D eigenvalue weighted by Gasteiger charge is 2.15. The van der Waals surface area contributed by atoms with Gasteiger partial charge in [-0.05, 0) is 56.5 Å². The van der Waals surface area contributed by atoms with Crippen LogP contribution < -0.4 is 5.32 Å². The van der Waals surface area contributed by atoms with Gasteiger partial charge in [0.2, 0.25) is 5.13 Å². The maximum absolute atomic E-state index is 4.08. The van der Waals surface area contributed by atoms with Gasteiger partial charge in [0, 0.05) is 12.2 Å². The molecule has 0 spiro atoms. The van der Waals surface area contributed by atoms with Crippen molar-refractivity contribution in [2.24, 2.45) is 5.92 Å². The maximum Gasteiger partial charge on any atom is 0.210 e. The minimum absolute atomic E-state index is 0.852. The molecular weight excluding hydrogens is 280 g/mol. The van der Waals surface area contributed by atoms with Crippen molar-refractivity contribution in [1.29, 1.82) is 0 Å². The molecular formula is C16H22N4S. The first-order valence-electron chi connectivity index (χ1n) is 7.57. The Kier molecular flexibility index (Phi) is 4.51. The molecule has 1 fully saturated rings. The molecule has 1 aromatic carbocycles. The van der Waals surface area contributed by atoms with Gasteiger partial charge in [-0.25, -0.2) is 0 Å². The Balaban J connectivity index is 1.56. The Morgan fingerprint density at radius 2 is 1.90 bits per heavy atom. The molecule has 1 N–H and O–H groups in total. The number of anilines is 2. The molecule has 2 heterocycles. The molecule has 1 aliphatic heterocycles. The van der Waals surface area contributed by atoms with Crippen LogP contribution in [0, 0.1) is 12.8 Å². The first kappa shape index (κ1) is 14.5. The Morgan fingerprint density at radius 3 is 2.52 bits per heavy atom. The molecule has 0 bridgehead atoms. The quantitative estimate of drug-likeness (QED) is 0.932. The Morgan fingerprint density at radius 1 is 1.19 bits per heavy atom. The Labute approximate surface area is 130 Å². The number of likely N-dealkylation sites (tertiary alicyclic amines) is 1. The summed E-state index contributed by atoms with van der Waals surface area (Å²) in [7, 11) is 0. The van der Waals surface area contributed by atoms with E-state index in [1.807, 2.05) is 6.92 Å². The number of rotatable bonds is 4. The topological polar surface area (TPSA) is 41.1 Å². The number of piperidine rings is 1. The van der Waals surface area contributed by atoms with Crippen molar-refractivity contribution in [3.05, 3.63) is 34.8 Å². The zero-order chi connectivity index (χ0) is 14.7. The summed E-state index contributed by atoms with van der Waals surface area (Å²) in [6.45, 7) is 7.83. The average Bonchev–Trinajstić information content (AvgIpc) is 2.89. The van der Waals surface area contributed by atoms with Crippen molar-refractivity contribution >= 4 is 22.2 Å². The van der Waals surface area contributed by atoms with Crippen LogP contribution in [-0.2, 0) is 6.54 Å². The van der Waals surface area contributed by atoms with Crippen LogP contribution in [0.2, 0.25) is 0 Å². The van der Waals surface area contributed by atoms with Crippen molar-refractivity contribution < 1.29 is 0 Å². The van der Waals surface area contributed by atoms with Crippen LogP contribution in [0.3, 0.4) is 0 Å². The molecule has 0 unspecified atom stereocenters. The van der Waals surface area contributed by atoms with E-state index in [0.29, 0.717) is 0 Å². The van der Waals surface area contributed by atoms with Crippen LogP contribution in [0.4, 0.5) is 10.8 Å². The normalized spacial score (nSPS) is 17.0. The smallest absolute Gasteiger partial charge is 0.210 e. The number of benzene rings is 1. The van der Waals surface area contributed by atoms with E-state index in [-0.39, 0.29) is 0 Å². The maximum atomic E-state index is 4.08. The lowest BCUT2D eigenvalue weighted by molar-refractivity contribution is 0.185. The predicted molar refractivity (Wildman–Crippen MR) is 88.0 cm³/mol. The van der Waals surface area contributed by atoms with Crippen LogP contribution in [0.25, 0.3) is 0 Å². The molecule has 1 saturated heterocycles. The highest BCUT2D eigenvalue weighted by atomic mass is 32.1. The number of nitrogens with zero attached hydrogens (tertiary/aromatic N) is 3. The second-order valence-electron chi connectivity index (χ2n) is 5.91. The molecule has 4 nitrogen and oxygen atoms in total. The van der Waals surface area contributed by atoms with Gasteiger partial charge in [-0.15, -0.1) is 10.2 Å². The third-order valence-electron chi connectivity index (χ3n) is 4.01. The molecule has 0 amide bonds. The van der Waals surface area contributed by atoms with E-state index in [0.717, 1.165) is 28.3 Å². The van der Waals surface area contributed by atoms with E-state index in [1.54, 1.807) is 11.3 Å². The molecule has 1 aromatic heterocycles. The number of aromatic nitrogens is 2. The van der Waals surface area contributed by atoms with Gasteiger partial charge in [0.05, 0.1) is 0 Å². The van der Waals surface area contributed by atoms with Crippen LogP contribution in [0.1, 0.15) is 30.3 Å². The predicted octanol–water partition coefficient (Wildman–Crippen LogP) is 3.82. The van der Waals surface area contributed by atoms with Gasteiger partial charge in [-0.1, -0.05) is 30.4 Å². The van der Waals surface area contributed by atoms with E-state index in [1.165, 1.54) is 31.5 Å². The van der Waals surface area contributed by atoms with Gasteiger partial charge in [0.25, 0.3) is 0 Å². The van der Waals surface area contributed by atoms with E-state index >= 15 is 0 Å². The van der Waals surface area contributed by atoms with Gasteiger partial charge in [0.1, 0.15) is 5.01 Å². The minimum Gasteiger partial charge on any atom is -0.330 e. The molecule has 0 atom stereocenters. The largest absolute Gasteiger partial charge is 0.330 e. The van der Waals surface area contributed by atoms with Gasteiger partial charge in [-0.3, -0.25) is 4.90 Å². The van der Waals surface area contributed by atoms with E-state index < -0.39 is 0 Å². The molecule has 0 saturated carbocycles. The zero-order valence-corrected chi connectivity index (χ0v) is 13.5. The summed E-state index contributed by atoms with van der Waals surface area (Å²) < 4.78 is 0. The molecule has 3 rings (SSSR count). The van der Waals surface area contributed by atoms with E-state index in [9.17, 15) is 0 Å². The van der Waals surface area contributed by atoms with Crippen molar-refractivity contribution in [2.45, 2.75) is 33.2 Å². The molecule has 112 valence electrons. The summed E-state index contributed by atoms with van der Waals surface area (Å²) in [4.78, 5) is 2.55. The summed E-state index contributed by atoms with van der Waals surface area (Å²) in [6, 6.07) is 8.65. The van der Waals surface area contributed by atoms with Gasteiger partial charge < -0.3 is 5.32 Å². The minimum atomic E-state index is 0.852. The zero-order valence-electron chi connectivity index (χ0n) is 12.7. The molecule has 5 heteroatoms. The Bertz CT molecular complexity index is 570. The van der Waals surface area contributed by atoms with Crippen molar-refractivity contribution in [2.75, 3.05) is 18.4 Å². The van der Waals surface area contributed by atoms with Crippen LogP contribution in [0.5, 0.6) is 0 Å². The van der Waals surface area contributed by atoms with Crippen LogP contribution >= 0.6 is 11.3 Å². The third-order valence-corrected chi connectivity index (χ3v) is 4.77. The lowest BCUT2D eigenvalue weighted by Gasteiger charge is -2.30. The second kappa shape index (κ2) is 6.54. The summed E-state index contributed by atoms with van der Waals surface area (Å²) in [5.41, 5.74) is 2.45. The lowest BCUT2D eigenvalue weighted by atomic mass is 9.99. The van der Waals surface area contributed by atoms with Gasteiger partial charge >= 0.3 is 0 Å². The molecule has 0 radical (unpaired) electrons. The highest BCUT2D eigenvalue weighted by molar-refractivity contribution is 7.15. The fraction of sp³-hybridized carbons (Fsp3) is 0.500. The SMILES string of the molecule is Cc1nnc(Nc2ccc(CN3CCC(C)CC3)cc2)s1. The Hall–Kier alpha value is -1.46. The second-order valence-corrected chi connectivity index (χ2v) is 7.09. The van der Waals surface area contributed by atoms with Crippen molar-refractivity contribution in [1.82, 2.24) is 15.1 Å². The van der Waals surface area contributed by atoms with E-state index in [4.69, 9.17) is 0 Å². The van der Waals surface area contributed by atoms with E-state index in [2.05, 4.69) is 51.6 Å². The lowest BCUT2D eigenvalue weighted by Crippen LogP contribution is -2.32. The van der Waals surface area contributed by atoms with Gasteiger partial charge in [0.15, 0.2) is 0 Å². The highest BCUT2D eigenvalue weighted by Crippen LogP contribution is 2.22. The third kappa shape index (κ3) is 4.02. The first-order valence-corrected chi connectivity index (χ1v) is 8.39. The number of hydrogen-bond donors (Lipinski definition) is 1. The number of nitrogens with one attached hydrogen (secondary N) is 1. The first-order chi connectivity index (χ1) is 10.2. The molecule has 1 aliphatic rings. The summed E-state index contributed by atoms with van der Waals surface area (Å²) in [6.07, 6.45) is 2.66. The summed E-state index contributed by atoms with van der Waals surface area (Å²) in [5, 5.41) is 13.2. The summed E-state index contributed by atoms with van der Waals surface area (Å²) in [5.74, 6) is 0.892. The fourth-order valence-corrected chi connectivity index (χ4v) is 3.25. The monoisotopic (exact) mass is 302 g/mol. The number of aryl methyl sites for hydroxylation is 1. The van der Waals surface area contributed by atoms with Crippen LogP contribution in [-0.4, -0.2) is 28.2 Å². The van der Waals surface area contributed by atoms with Crippen LogP contribution in [0.15, 0.2) is 24.3 Å². The number of hydrogen-bond acceptors (Lipinski definition) is 5. The van der Waals surface area contributed by atoms with Crippen molar-refractivity contribution in [3.8, 4) is 0 Å². The molecule has 2 aromatic rings. The average molecular weight is 302 g/mol. The van der Waals surface area contributed by atoms with Crippen molar-refractivity contribution in [3.63, 3.8) is 0 Å². The standard InChI is InChI=1S/C16H22N4S/c1-12-7-9-20(10-8-12)11-14-3-5-15(6-4-14)17-16-19-18-13(2)21-16/h3-6,12H,7-11H2,1-2H3,(H,17,19).